The van der Waals surface area contributed by atoms with Gasteiger partial charge in [0.15, 0.2) is 6.10 Å². The van der Waals surface area contributed by atoms with Gasteiger partial charge in [0, 0.05) is 12.5 Å². The minimum atomic E-state index is -4.39. The fraction of sp³-hybridized carbons (Fsp3) is 0.667. The van der Waals surface area contributed by atoms with Crippen LogP contribution in [0.4, 0.5) is 17.6 Å². The number of ether oxygens (including phenoxy) is 1. The summed E-state index contributed by atoms with van der Waals surface area (Å²) < 4.78 is 55.7. The zero-order valence-electron chi connectivity index (χ0n) is 8.40. The summed E-state index contributed by atoms with van der Waals surface area (Å²) in [6.07, 6.45) is -2.59. The molecule has 1 atom stereocenters. The lowest BCUT2D eigenvalue weighted by atomic mass is 10.0. The minimum absolute atomic E-state index is 0.636. The molecule has 6 heteroatoms. The molecule has 0 bridgehead atoms. The molecular weight excluding hydrogens is 216 g/mol. The number of carbonyl (C=O) groups excluding carboxylic acids is 1. The number of alkyl halides is 4. The molecule has 0 saturated carbocycles. The minimum Gasteiger partial charge on any atom is -0.453 e. The van der Waals surface area contributed by atoms with E-state index in [9.17, 15) is 22.4 Å². The largest absolute Gasteiger partial charge is 0.453 e. The van der Waals surface area contributed by atoms with Gasteiger partial charge in [0.05, 0.1) is 0 Å². The van der Waals surface area contributed by atoms with Crippen molar-refractivity contribution in [2.24, 2.45) is 0 Å². The molecule has 0 aliphatic carbocycles. The fourth-order valence-electron chi connectivity index (χ4n) is 0.829. The predicted octanol–water partition coefficient (Wildman–Crippen LogP) is 2.78. The Hall–Kier alpha value is -1.07. The lowest BCUT2D eigenvalue weighted by Gasteiger charge is -2.29. The van der Waals surface area contributed by atoms with E-state index in [-0.39, 0.29) is 0 Å². The Labute approximate surface area is 84.9 Å². The first-order chi connectivity index (χ1) is 6.69. The van der Waals surface area contributed by atoms with Crippen molar-refractivity contribution >= 4 is 5.97 Å². The van der Waals surface area contributed by atoms with Gasteiger partial charge < -0.3 is 4.74 Å². The Balaban J connectivity index is 4.72. The Morgan fingerprint density at radius 3 is 2.27 bits per heavy atom. The van der Waals surface area contributed by atoms with E-state index in [4.69, 9.17) is 0 Å². The molecule has 0 rings (SSSR count). The van der Waals surface area contributed by atoms with Crippen LogP contribution in [0, 0.1) is 0 Å². The third-order valence-corrected chi connectivity index (χ3v) is 1.90. The van der Waals surface area contributed by atoms with Crippen LogP contribution < -0.4 is 0 Å². The Bertz CT molecular complexity index is 250. The summed E-state index contributed by atoms with van der Waals surface area (Å²) in [7, 11) is 0. The first-order valence-corrected chi connectivity index (χ1v) is 4.27. The van der Waals surface area contributed by atoms with E-state index in [0.717, 1.165) is 6.92 Å². The quantitative estimate of drug-likeness (QED) is 0.411. The van der Waals surface area contributed by atoms with Crippen LogP contribution in [0.1, 0.15) is 20.3 Å². The maximum absolute atomic E-state index is 13.0. The molecular formula is C9H12F4O2. The first kappa shape index (κ1) is 13.9. The molecule has 1 unspecified atom stereocenters. The lowest BCUT2D eigenvalue weighted by Crippen LogP contribution is -2.49. The molecule has 0 aromatic rings. The Kier molecular flexibility index (Phi) is 4.30. The second kappa shape index (κ2) is 4.63. The maximum Gasteiger partial charge on any atom is 0.345 e. The van der Waals surface area contributed by atoms with Crippen molar-refractivity contribution in [1.82, 2.24) is 0 Å². The van der Waals surface area contributed by atoms with Crippen LogP contribution in [0.5, 0.6) is 0 Å². The highest BCUT2D eigenvalue weighted by Gasteiger charge is 2.59. The molecule has 0 spiro atoms. The molecule has 0 aromatic carbocycles. The molecule has 0 radical (unpaired) electrons. The van der Waals surface area contributed by atoms with Crippen LogP contribution in [0.3, 0.4) is 0 Å². The molecule has 0 aromatic heterocycles. The summed E-state index contributed by atoms with van der Waals surface area (Å²) in [5, 5.41) is 0. The van der Waals surface area contributed by atoms with Crippen molar-refractivity contribution in [3.05, 3.63) is 12.7 Å². The van der Waals surface area contributed by atoms with Crippen LogP contribution >= 0.6 is 0 Å². The van der Waals surface area contributed by atoms with Crippen LogP contribution in [0.25, 0.3) is 0 Å². The smallest absolute Gasteiger partial charge is 0.345 e. The molecule has 0 amide bonds. The van der Waals surface area contributed by atoms with Gasteiger partial charge in [-0.15, -0.1) is 0 Å². The number of halogens is 4. The second-order valence-corrected chi connectivity index (χ2v) is 2.96. The highest BCUT2D eigenvalue weighted by atomic mass is 19.3. The van der Waals surface area contributed by atoms with Gasteiger partial charge in [-0.25, -0.2) is 4.79 Å². The summed E-state index contributed by atoms with van der Waals surface area (Å²) in [5.41, 5.74) is 0. The van der Waals surface area contributed by atoms with E-state index < -0.39 is 30.3 Å². The summed E-state index contributed by atoms with van der Waals surface area (Å²) in [5.74, 6) is -9.75. The monoisotopic (exact) mass is 228 g/mol. The Morgan fingerprint density at radius 2 is 1.93 bits per heavy atom. The molecule has 0 N–H and O–H groups in total. The van der Waals surface area contributed by atoms with Crippen molar-refractivity contribution in [2.75, 3.05) is 0 Å². The van der Waals surface area contributed by atoms with Crippen molar-refractivity contribution in [1.29, 1.82) is 0 Å². The van der Waals surface area contributed by atoms with Gasteiger partial charge in [-0.05, 0) is 6.92 Å². The van der Waals surface area contributed by atoms with Gasteiger partial charge in [0.25, 0.3) is 0 Å². The SMILES string of the molecule is C=CC(=O)OC(C)C(F)(F)C(F)(F)CC. The van der Waals surface area contributed by atoms with E-state index in [2.05, 4.69) is 11.3 Å². The van der Waals surface area contributed by atoms with Crippen molar-refractivity contribution in [2.45, 2.75) is 38.2 Å². The third-order valence-electron chi connectivity index (χ3n) is 1.90. The lowest BCUT2D eigenvalue weighted by molar-refractivity contribution is -0.254. The summed E-state index contributed by atoms with van der Waals surface area (Å²) in [6.45, 7) is 4.61. The Morgan fingerprint density at radius 1 is 1.47 bits per heavy atom. The zero-order chi connectivity index (χ0) is 12.3. The van der Waals surface area contributed by atoms with E-state index in [0.29, 0.717) is 13.0 Å². The van der Waals surface area contributed by atoms with Gasteiger partial charge in [-0.3, -0.25) is 0 Å². The van der Waals surface area contributed by atoms with Gasteiger partial charge in [0.2, 0.25) is 0 Å². The normalized spacial score (nSPS) is 14.5. The summed E-state index contributed by atoms with van der Waals surface area (Å²) >= 11 is 0. The maximum atomic E-state index is 13.0. The number of hydrogen-bond acceptors (Lipinski definition) is 2. The van der Waals surface area contributed by atoms with E-state index >= 15 is 0 Å². The van der Waals surface area contributed by atoms with E-state index in [1.807, 2.05) is 0 Å². The molecule has 2 nitrogen and oxygen atoms in total. The number of esters is 1. The molecule has 0 aliphatic rings. The average molecular weight is 228 g/mol. The zero-order valence-corrected chi connectivity index (χ0v) is 8.40. The van der Waals surface area contributed by atoms with Gasteiger partial charge in [0.1, 0.15) is 0 Å². The van der Waals surface area contributed by atoms with Crippen LogP contribution in [0.2, 0.25) is 0 Å². The van der Waals surface area contributed by atoms with Crippen LogP contribution in [-0.4, -0.2) is 23.9 Å². The van der Waals surface area contributed by atoms with Gasteiger partial charge in [-0.1, -0.05) is 13.5 Å². The molecule has 0 saturated heterocycles. The molecule has 88 valence electrons. The van der Waals surface area contributed by atoms with E-state index in [1.165, 1.54) is 0 Å². The second-order valence-electron chi connectivity index (χ2n) is 2.96. The molecule has 0 heterocycles. The fourth-order valence-corrected chi connectivity index (χ4v) is 0.829. The number of hydrogen-bond donors (Lipinski definition) is 0. The van der Waals surface area contributed by atoms with Crippen LogP contribution in [0.15, 0.2) is 12.7 Å². The standard InChI is InChI=1S/C9H12F4O2/c1-4-7(14)15-6(3)9(12,13)8(10,11)5-2/h4,6H,1,5H2,2-3H3. The summed E-state index contributed by atoms with van der Waals surface area (Å²) in [6, 6.07) is 0. The predicted molar refractivity (Wildman–Crippen MR) is 45.9 cm³/mol. The van der Waals surface area contributed by atoms with Crippen LogP contribution in [-0.2, 0) is 9.53 Å². The highest BCUT2D eigenvalue weighted by molar-refractivity contribution is 5.81. The topological polar surface area (TPSA) is 26.3 Å². The average Bonchev–Trinajstić information content (AvgIpc) is 2.17. The van der Waals surface area contributed by atoms with Gasteiger partial charge >= 0.3 is 17.8 Å². The number of rotatable bonds is 5. The van der Waals surface area contributed by atoms with Crippen molar-refractivity contribution in [3.8, 4) is 0 Å². The molecule has 0 aliphatic heterocycles. The molecule has 0 fully saturated rings. The summed E-state index contributed by atoms with van der Waals surface area (Å²) in [4.78, 5) is 10.6. The van der Waals surface area contributed by atoms with Crippen molar-refractivity contribution < 1.29 is 27.1 Å². The molecule has 15 heavy (non-hydrogen) atoms. The van der Waals surface area contributed by atoms with Gasteiger partial charge in [-0.2, -0.15) is 17.6 Å². The third kappa shape index (κ3) is 2.94. The van der Waals surface area contributed by atoms with E-state index in [1.54, 1.807) is 0 Å². The highest BCUT2D eigenvalue weighted by Crippen LogP contribution is 2.40. The number of carbonyl (C=O) groups is 1. The first-order valence-electron chi connectivity index (χ1n) is 4.27. The van der Waals surface area contributed by atoms with Crippen molar-refractivity contribution in [3.63, 3.8) is 0 Å².